The minimum atomic E-state index is -1.04. The van der Waals surface area contributed by atoms with Crippen LogP contribution in [-0.2, 0) is 26.2 Å². The quantitative estimate of drug-likeness (QED) is 0.602. The molecule has 5 nitrogen and oxygen atoms in total. The maximum Gasteiger partial charge on any atom is 0.321 e. The fourth-order valence-electron chi connectivity index (χ4n) is 6.22. The molecule has 2 saturated heterocycles. The summed E-state index contributed by atoms with van der Waals surface area (Å²) in [4.78, 5) is 28.1. The number of benzene rings is 1. The number of methoxy groups -OCH3 is 1. The Hall–Kier alpha value is -1.88. The molecule has 1 aromatic rings. The number of rotatable bonds is 4. The van der Waals surface area contributed by atoms with Crippen molar-refractivity contribution in [3.05, 3.63) is 29.3 Å². The molecule has 5 rings (SSSR count). The third kappa shape index (κ3) is 2.27. The van der Waals surface area contributed by atoms with Gasteiger partial charge in [0, 0.05) is 12.1 Å². The summed E-state index contributed by atoms with van der Waals surface area (Å²) < 4.78 is 10.9. The Kier molecular flexibility index (Phi) is 4.15. The Bertz CT molecular complexity index is 806. The zero-order valence-corrected chi connectivity index (χ0v) is 16.9. The fourth-order valence-corrected chi connectivity index (χ4v) is 6.22. The van der Waals surface area contributed by atoms with Crippen LogP contribution in [0.1, 0.15) is 44.7 Å². The topological polar surface area (TPSA) is 55.8 Å². The first kappa shape index (κ1) is 18.5. The number of fused-ring (bicyclic) bond motifs is 2. The molecule has 0 N–H and O–H groups in total. The summed E-state index contributed by atoms with van der Waals surface area (Å²) in [5, 5.41) is 0. The molecular formula is C22H29NO4. The summed E-state index contributed by atoms with van der Waals surface area (Å²) in [7, 11) is 3.77. The Balaban J connectivity index is 1.83. The van der Waals surface area contributed by atoms with Crippen LogP contribution in [0, 0.1) is 11.3 Å². The summed E-state index contributed by atoms with van der Waals surface area (Å²) in [6.45, 7) is 5.96. The summed E-state index contributed by atoms with van der Waals surface area (Å²) >= 11 is 0. The Morgan fingerprint density at radius 3 is 2.67 bits per heavy atom. The molecule has 2 heterocycles. The van der Waals surface area contributed by atoms with E-state index >= 15 is 0 Å². The van der Waals surface area contributed by atoms with Crippen molar-refractivity contribution in [1.29, 1.82) is 0 Å². The molecule has 0 aromatic heterocycles. The van der Waals surface area contributed by atoms with E-state index in [1.807, 2.05) is 6.07 Å². The van der Waals surface area contributed by atoms with E-state index in [4.69, 9.17) is 9.47 Å². The predicted molar refractivity (Wildman–Crippen MR) is 102 cm³/mol. The number of carbonyl (C=O) groups excluding carboxylic acids is 2. The average Bonchev–Trinajstić information content (AvgIpc) is 2.64. The molecule has 4 aliphatic rings. The van der Waals surface area contributed by atoms with Crippen molar-refractivity contribution >= 4 is 11.8 Å². The smallest absolute Gasteiger partial charge is 0.321 e. The van der Waals surface area contributed by atoms with Gasteiger partial charge in [-0.25, -0.2) is 0 Å². The number of hydrogen-bond acceptors (Lipinski definition) is 5. The maximum absolute atomic E-state index is 13.0. The van der Waals surface area contributed by atoms with Gasteiger partial charge in [0.2, 0.25) is 0 Å². The fraction of sp³-hybridized carbons (Fsp3) is 0.636. The van der Waals surface area contributed by atoms with E-state index in [0.29, 0.717) is 19.1 Å². The number of hydrogen-bond donors (Lipinski definition) is 0. The molecule has 5 heteroatoms. The van der Waals surface area contributed by atoms with Crippen molar-refractivity contribution in [2.75, 3.05) is 20.8 Å². The molecule has 2 aliphatic heterocycles. The van der Waals surface area contributed by atoms with Crippen molar-refractivity contribution in [3.8, 4) is 5.75 Å². The van der Waals surface area contributed by atoms with E-state index in [-0.39, 0.29) is 29.1 Å². The lowest BCUT2D eigenvalue weighted by Gasteiger charge is -2.66. The number of ketones is 1. The number of Topliss-reactive ketones (excluding diaryl/α,β-unsaturated/α-hetero) is 1. The Labute approximate surface area is 161 Å². The Morgan fingerprint density at radius 2 is 2.04 bits per heavy atom. The zero-order valence-electron chi connectivity index (χ0n) is 16.9. The first-order valence-corrected chi connectivity index (χ1v) is 9.87. The molecule has 5 unspecified atom stereocenters. The normalized spacial score (nSPS) is 36.9. The number of piperidine rings is 2. The molecule has 1 aromatic carbocycles. The van der Waals surface area contributed by atoms with Crippen LogP contribution >= 0.6 is 0 Å². The van der Waals surface area contributed by atoms with Crippen LogP contribution in [0.5, 0.6) is 5.75 Å². The Morgan fingerprint density at radius 1 is 1.30 bits per heavy atom. The third-order valence-corrected chi connectivity index (χ3v) is 7.65. The summed E-state index contributed by atoms with van der Waals surface area (Å²) in [6.07, 6.45) is 2.31. The number of carbonyl (C=O) groups is 2. The SMILES string of the molecule is CCOC(=O)C1(C(C)=O)CC2C3Cc4ccc(OC)cc4C2(C)CC1N3C. The number of likely N-dealkylation sites (N-methyl/N-ethyl adjacent to an activating group) is 1. The molecule has 0 spiro atoms. The maximum atomic E-state index is 13.0. The highest BCUT2D eigenvalue weighted by Crippen LogP contribution is 2.62. The van der Waals surface area contributed by atoms with Gasteiger partial charge in [-0.05, 0) is 74.8 Å². The van der Waals surface area contributed by atoms with Gasteiger partial charge in [-0.15, -0.1) is 0 Å². The highest BCUT2D eigenvalue weighted by atomic mass is 16.5. The summed E-state index contributed by atoms with van der Waals surface area (Å²) in [5.74, 6) is 0.702. The van der Waals surface area contributed by atoms with Gasteiger partial charge in [0.15, 0.2) is 0 Å². The number of esters is 1. The second-order valence-corrected chi connectivity index (χ2v) is 8.66. The van der Waals surface area contributed by atoms with Crippen LogP contribution in [0.25, 0.3) is 0 Å². The number of nitrogens with zero attached hydrogens (tertiary/aromatic N) is 1. The van der Waals surface area contributed by atoms with E-state index in [1.54, 1.807) is 21.0 Å². The van der Waals surface area contributed by atoms with Gasteiger partial charge in [-0.2, -0.15) is 0 Å². The minimum absolute atomic E-state index is 0.0601. The van der Waals surface area contributed by atoms with Crippen LogP contribution in [0.4, 0.5) is 0 Å². The lowest BCUT2D eigenvalue weighted by Crippen LogP contribution is -2.74. The summed E-state index contributed by atoms with van der Waals surface area (Å²) in [6, 6.07) is 6.58. The lowest BCUT2D eigenvalue weighted by atomic mass is 9.45. The van der Waals surface area contributed by atoms with Crippen molar-refractivity contribution in [2.24, 2.45) is 11.3 Å². The molecule has 1 saturated carbocycles. The molecule has 5 atom stereocenters. The second-order valence-electron chi connectivity index (χ2n) is 8.66. The highest BCUT2D eigenvalue weighted by Gasteiger charge is 2.68. The van der Waals surface area contributed by atoms with E-state index in [0.717, 1.165) is 18.6 Å². The van der Waals surface area contributed by atoms with Gasteiger partial charge < -0.3 is 9.47 Å². The molecular weight excluding hydrogens is 342 g/mol. The average molecular weight is 371 g/mol. The van der Waals surface area contributed by atoms with Gasteiger partial charge in [0.1, 0.15) is 16.9 Å². The van der Waals surface area contributed by atoms with E-state index in [1.165, 1.54) is 11.1 Å². The lowest BCUT2D eigenvalue weighted by molar-refractivity contribution is -0.188. The van der Waals surface area contributed by atoms with Crippen molar-refractivity contribution in [1.82, 2.24) is 4.90 Å². The van der Waals surface area contributed by atoms with E-state index in [9.17, 15) is 9.59 Å². The van der Waals surface area contributed by atoms with Gasteiger partial charge in [-0.3, -0.25) is 14.5 Å². The first-order chi connectivity index (χ1) is 12.8. The monoisotopic (exact) mass is 371 g/mol. The van der Waals surface area contributed by atoms with Crippen LogP contribution in [0.3, 0.4) is 0 Å². The van der Waals surface area contributed by atoms with Crippen molar-refractivity contribution in [3.63, 3.8) is 0 Å². The number of ether oxygens (including phenoxy) is 2. The highest BCUT2D eigenvalue weighted by molar-refractivity contribution is 6.04. The molecule has 146 valence electrons. The van der Waals surface area contributed by atoms with Gasteiger partial charge in [0.25, 0.3) is 0 Å². The van der Waals surface area contributed by atoms with Crippen molar-refractivity contribution < 1.29 is 19.1 Å². The molecule has 0 amide bonds. The third-order valence-electron chi connectivity index (χ3n) is 7.65. The molecule has 27 heavy (non-hydrogen) atoms. The van der Waals surface area contributed by atoms with Crippen LogP contribution in [-0.4, -0.2) is 49.5 Å². The van der Waals surface area contributed by atoms with Crippen molar-refractivity contribution in [2.45, 2.75) is 57.5 Å². The van der Waals surface area contributed by atoms with Gasteiger partial charge >= 0.3 is 5.97 Å². The molecule has 2 aliphatic carbocycles. The van der Waals surface area contributed by atoms with Crippen LogP contribution in [0.15, 0.2) is 18.2 Å². The summed E-state index contributed by atoms with van der Waals surface area (Å²) in [5.41, 5.74) is 1.58. The van der Waals surface area contributed by atoms with Crippen LogP contribution in [0.2, 0.25) is 0 Å². The van der Waals surface area contributed by atoms with Crippen LogP contribution < -0.4 is 4.74 Å². The molecule has 4 bridgehead atoms. The predicted octanol–water partition coefficient (Wildman–Crippen LogP) is 2.74. The molecule has 3 fully saturated rings. The van der Waals surface area contributed by atoms with E-state index in [2.05, 4.69) is 31.0 Å². The first-order valence-electron chi connectivity index (χ1n) is 9.87. The largest absolute Gasteiger partial charge is 0.497 e. The van der Waals surface area contributed by atoms with Gasteiger partial charge in [-0.1, -0.05) is 13.0 Å². The minimum Gasteiger partial charge on any atom is -0.497 e. The van der Waals surface area contributed by atoms with E-state index < -0.39 is 5.41 Å². The zero-order chi connectivity index (χ0) is 19.6. The second kappa shape index (κ2) is 6.06. The molecule has 0 radical (unpaired) electrons. The van der Waals surface area contributed by atoms with Gasteiger partial charge in [0.05, 0.1) is 13.7 Å². The standard InChI is InChI=1S/C22H29NO4/c1-6-27-20(25)22(13(2)24)11-17-18-9-14-7-8-15(26-5)10-16(14)21(17,3)12-19(22)23(18)4/h7-8,10,17-19H,6,9,11-12H2,1-5H3.